The van der Waals surface area contributed by atoms with Crippen molar-refractivity contribution in [2.75, 3.05) is 20.6 Å². The van der Waals surface area contributed by atoms with E-state index < -0.39 is 0 Å². The number of rotatable bonds is 7. The summed E-state index contributed by atoms with van der Waals surface area (Å²) in [4.78, 5) is 11.1. The number of amides is 1. The molecule has 0 rings (SSSR count). The van der Waals surface area contributed by atoms with Gasteiger partial charge < -0.3 is 10.6 Å². The van der Waals surface area contributed by atoms with Crippen LogP contribution in [0.5, 0.6) is 0 Å². The highest BCUT2D eigenvalue weighted by molar-refractivity contribution is 5.75. The molecule has 0 saturated heterocycles. The zero-order valence-electron chi connectivity index (χ0n) is 10.9. The number of hydrogen-bond acceptors (Lipinski definition) is 2. The predicted molar refractivity (Wildman–Crippen MR) is 67.0 cm³/mol. The summed E-state index contributed by atoms with van der Waals surface area (Å²) < 4.78 is 0. The van der Waals surface area contributed by atoms with E-state index in [0.717, 1.165) is 19.4 Å². The first-order valence-electron chi connectivity index (χ1n) is 6.08. The standard InChI is InChI=1S/C10H21NO.C2H7N/c1-3-5-6-7-8-10(12)11-9-4-2;1-3-2/h3-9H2,1-2H3,(H,11,12);3H,1-2H3. The van der Waals surface area contributed by atoms with Crippen molar-refractivity contribution in [2.24, 2.45) is 0 Å². The molecule has 15 heavy (non-hydrogen) atoms. The van der Waals surface area contributed by atoms with Crippen LogP contribution in [0.3, 0.4) is 0 Å². The quantitative estimate of drug-likeness (QED) is 0.641. The van der Waals surface area contributed by atoms with Crippen LogP contribution >= 0.6 is 0 Å². The predicted octanol–water partition coefficient (Wildman–Crippen LogP) is 2.32. The Morgan fingerprint density at radius 3 is 2.07 bits per heavy atom. The molecular weight excluding hydrogens is 188 g/mol. The lowest BCUT2D eigenvalue weighted by Gasteiger charge is -2.02. The Bertz CT molecular complexity index is 127. The zero-order chi connectivity index (χ0) is 11.9. The van der Waals surface area contributed by atoms with Crippen LogP contribution in [-0.4, -0.2) is 26.5 Å². The molecule has 0 atom stereocenters. The maximum atomic E-state index is 11.1. The van der Waals surface area contributed by atoms with Gasteiger partial charge in [-0.1, -0.05) is 33.1 Å². The van der Waals surface area contributed by atoms with E-state index in [4.69, 9.17) is 0 Å². The Kier molecular flexibility index (Phi) is 17.8. The molecule has 0 fully saturated rings. The first kappa shape index (κ1) is 16.8. The van der Waals surface area contributed by atoms with Crippen LogP contribution in [0.25, 0.3) is 0 Å². The maximum Gasteiger partial charge on any atom is 0.219 e. The van der Waals surface area contributed by atoms with E-state index in [1.165, 1.54) is 19.3 Å². The van der Waals surface area contributed by atoms with E-state index >= 15 is 0 Å². The topological polar surface area (TPSA) is 41.1 Å². The summed E-state index contributed by atoms with van der Waals surface area (Å²) in [6, 6.07) is 0. The molecule has 0 spiro atoms. The summed E-state index contributed by atoms with van der Waals surface area (Å²) >= 11 is 0. The van der Waals surface area contributed by atoms with E-state index in [0.29, 0.717) is 6.42 Å². The maximum absolute atomic E-state index is 11.1. The fraction of sp³-hybridized carbons (Fsp3) is 0.917. The van der Waals surface area contributed by atoms with Crippen molar-refractivity contribution in [3.63, 3.8) is 0 Å². The number of nitrogens with one attached hydrogen (secondary N) is 2. The number of hydrogen-bond donors (Lipinski definition) is 2. The molecule has 0 aliphatic carbocycles. The van der Waals surface area contributed by atoms with Gasteiger partial charge in [-0.05, 0) is 26.9 Å². The van der Waals surface area contributed by atoms with Gasteiger partial charge in [-0.2, -0.15) is 0 Å². The van der Waals surface area contributed by atoms with Gasteiger partial charge in [0, 0.05) is 13.0 Å². The number of carbonyl (C=O) groups is 1. The van der Waals surface area contributed by atoms with E-state index in [1.807, 2.05) is 14.1 Å². The van der Waals surface area contributed by atoms with E-state index in [1.54, 1.807) is 0 Å². The molecule has 0 radical (unpaired) electrons. The second-order valence-corrected chi connectivity index (χ2v) is 3.66. The molecule has 92 valence electrons. The Balaban J connectivity index is 0. The van der Waals surface area contributed by atoms with E-state index in [2.05, 4.69) is 24.5 Å². The summed E-state index contributed by atoms with van der Waals surface area (Å²) in [5.41, 5.74) is 0. The fourth-order valence-electron chi connectivity index (χ4n) is 1.07. The van der Waals surface area contributed by atoms with Crippen LogP contribution in [0.1, 0.15) is 52.4 Å². The Labute approximate surface area is 95.0 Å². The highest BCUT2D eigenvalue weighted by Gasteiger charge is 1.97. The third kappa shape index (κ3) is 19.7. The van der Waals surface area contributed by atoms with Crippen LogP contribution in [0.2, 0.25) is 0 Å². The molecule has 0 aliphatic rings. The third-order valence-electron chi connectivity index (χ3n) is 1.83. The molecular formula is C12H28N2O. The average Bonchev–Trinajstić information content (AvgIpc) is 2.23. The molecule has 0 aromatic heterocycles. The van der Waals surface area contributed by atoms with Crippen LogP contribution in [-0.2, 0) is 4.79 Å². The van der Waals surface area contributed by atoms with Crippen molar-refractivity contribution in [2.45, 2.75) is 52.4 Å². The first-order chi connectivity index (χ1) is 7.22. The Morgan fingerprint density at radius 1 is 1.00 bits per heavy atom. The van der Waals surface area contributed by atoms with Crippen molar-refractivity contribution in [1.82, 2.24) is 10.6 Å². The molecule has 2 N–H and O–H groups in total. The van der Waals surface area contributed by atoms with E-state index in [-0.39, 0.29) is 5.91 Å². The minimum atomic E-state index is 0.216. The molecule has 0 unspecified atom stereocenters. The summed E-state index contributed by atoms with van der Waals surface area (Å²) in [5.74, 6) is 0.216. The summed E-state index contributed by atoms with van der Waals surface area (Å²) in [7, 11) is 3.75. The van der Waals surface area contributed by atoms with Crippen LogP contribution in [0, 0.1) is 0 Å². The van der Waals surface area contributed by atoms with Crippen molar-refractivity contribution in [3.8, 4) is 0 Å². The van der Waals surface area contributed by atoms with Crippen molar-refractivity contribution in [1.29, 1.82) is 0 Å². The Hall–Kier alpha value is -0.570. The summed E-state index contributed by atoms with van der Waals surface area (Å²) in [6.45, 7) is 5.07. The summed E-state index contributed by atoms with van der Waals surface area (Å²) in [5, 5.41) is 5.62. The van der Waals surface area contributed by atoms with Crippen LogP contribution < -0.4 is 10.6 Å². The monoisotopic (exact) mass is 216 g/mol. The lowest BCUT2D eigenvalue weighted by Crippen LogP contribution is -2.23. The van der Waals surface area contributed by atoms with Crippen LogP contribution in [0.15, 0.2) is 0 Å². The molecule has 0 aromatic carbocycles. The van der Waals surface area contributed by atoms with Crippen LogP contribution in [0.4, 0.5) is 0 Å². The molecule has 0 heterocycles. The number of unbranched alkanes of at least 4 members (excludes halogenated alkanes) is 3. The van der Waals surface area contributed by atoms with Gasteiger partial charge in [0.05, 0.1) is 0 Å². The van der Waals surface area contributed by atoms with Gasteiger partial charge in [-0.25, -0.2) is 0 Å². The van der Waals surface area contributed by atoms with Gasteiger partial charge >= 0.3 is 0 Å². The highest BCUT2D eigenvalue weighted by Crippen LogP contribution is 2.01. The molecule has 3 heteroatoms. The fourth-order valence-corrected chi connectivity index (χ4v) is 1.07. The van der Waals surface area contributed by atoms with Gasteiger partial charge in [0.2, 0.25) is 5.91 Å². The first-order valence-corrected chi connectivity index (χ1v) is 6.08. The average molecular weight is 216 g/mol. The van der Waals surface area contributed by atoms with Gasteiger partial charge in [-0.15, -0.1) is 0 Å². The van der Waals surface area contributed by atoms with E-state index in [9.17, 15) is 4.79 Å². The van der Waals surface area contributed by atoms with Gasteiger partial charge in [0.25, 0.3) is 0 Å². The number of carbonyl (C=O) groups excluding carboxylic acids is 1. The minimum absolute atomic E-state index is 0.216. The highest BCUT2D eigenvalue weighted by atomic mass is 16.1. The Morgan fingerprint density at radius 2 is 1.60 bits per heavy atom. The van der Waals surface area contributed by atoms with Gasteiger partial charge in [-0.3, -0.25) is 4.79 Å². The molecule has 0 saturated carbocycles. The largest absolute Gasteiger partial charge is 0.356 e. The molecule has 0 aromatic rings. The second kappa shape index (κ2) is 15.9. The second-order valence-electron chi connectivity index (χ2n) is 3.66. The lowest BCUT2D eigenvalue weighted by atomic mass is 10.1. The molecule has 0 bridgehead atoms. The van der Waals surface area contributed by atoms with Crippen molar-refractivity contribution >= 4 is 5.91 Å². The SMILES string of the molecule is CCCCCCC(=O)NCCC.CNC. The molecule has 1 amide bonds. The molecule has 0 aliphatic heterocycles. The smallest absolute Gasteiger partial charge is 0.219 e. The molecule has 3 nitrogen and oxygen atoms in total. The van der Waals surface area contributed by atoms with Gasteiger partial charge in [0.15, 0.2) is 0 Å². The van der Waals surface area contributed by atoms with Gasteiger partial charge in [0.1, 0.15) is 0 Å². The lowest BCUT2D eigenvalue weighted by molar-refractivity contribution is -0.121. The minimum Gasteiger partial charge on any atom is -0.356 e. The van der Waals surface area contributed by atoms with Crippen molar-refractivity contribution < 1.29 is 4.79 Å². The van der Waals surface area contributed by atoms with Crippen molar-refractivity contribution in [3.05, 3.63) is 0 Å². The third-order valence-corrected chi connectivity index (χ3v) is 1.83. The normalized spacial score (nSPS) is 9.07. The zero-order valence-corrected chi connectivity index (χ0v) is 10.9. The summed E-state index contributed by atoms with van der Waals surface area (Å²) in [6.07, 6.45) is 6.46.